The van der Waals surface area contributed by atoms with Crippen LogP contribution in [0.4, 0.5) is 5.95 Å². The van der Waals surface area contributed by atoms with Gasteiger partial charge in [-0.05, 0) is 22.4 Å². The number of nitrogens with zero attached hydrogens (tertiary/aromatic N) is 6. The molecule has 19 heavy (non-hydrogen) atoms. The van der Waals surface area contributed by atoms with E-state index in [9.17, 15) is 5.11 Å². The molecule has 0 radical (unpaired) electrons. The number of rotatable bonds is 3. The summed E-state index contributed by atoms with van der Waals surface area (Å²) < 4.78 is 2.49. The van der Waals surface area contributed by atoms with Gasteiger partial charge >= 0.3 is 0 Å². The Kier molecular flexibility index (Phi) is 3.19. The molecule has 1 N–H and O–H groups in total. The quantitative estimate of drug-likeness (QED) is 0.884. The van der Waals surface area contributed by atoms with Gasteiger partial charge in [0.25, 0.3) is 0 Å². The molecule has 0 aliphatic carbocycles. The summed E-state index contributed by atoms with van der Waals surface area (Å²) in [7, 11) is 0. The summed E-state index contributed by atoms with van der Waals surface area (Å²) in [5.74, 6) is 0.637. The fraction of sp³-hybridized carbons (Fsp3) is 0.455. The summed E-state index contributed by atoms with van der Waals surface area (Å²) in [6, 6.07) is 0. The summed E-state index contributed by atoms with van der Waals surface area (Å²) in [4.78, 5) is 10.5. The van der Waals surface area contributed by atoms with E-state index in [0.717, 1.165) is 11.0 Å². The van der Waals surface area contributed by atoms with Crippen LogP contribution in [0.3, 0.4) is 0 Å². The van der Waals surface area contributed by atoms with Crippen LogP contribution in [0, 0.1) is 0 Å². The monoisotopic (exact) mass is 324 g/mol. The lowest BCUT2D eigenvalue weighted by Crippen LogP contribution is -2.38. The predicted octanol–water partition coefficient (Wildman–Crippen LogP) is 0.472. The van der Waals surface area contributed by atoms with Gasteiger partial charge in [0.2, 0.25) is 5.95 Å². The van der Waals surface area contributed by atoms with Crippen molar-refractivity contribution in [2.75, 3.05) is 18.0 Å². The first-order valence-electron chi connectivity index (χ1n) is 5.94. The Balaban J connectivity index is 1.70. The SMILES string of the molecule is OC1(Cn2ccnn2)CCN(c2ncc(Br)cn2)C1. The Morgan fingerprint density at radius 1 is 1.37 bits per heavy atom. The Bertz CT molecular complexity index is 545. The highest BCUT2D eigenvalue weighted by Gasteiger charge is 2.37. The lowest BCUT2D eigenvalue weighted by Gasteiger charge is -2.22. The number of aromatic nitrogens is 5. The molecule has 0 saturated carbocycles. The molecule has 0 bridgehead atoms. The number of halogens is 1. The van der Waals surface area contributed by atoms with E-state index in [-0.39, 0.29) is 0 Å². The maximum atomic E-state index is 10.6. The Labute approximate surface area is 118 Å². The van der Waals surface area contributed by atoms with Crippen molar-refractivity contribution in [1.29, 1.82) is 0 Å². The van der Waals surface area contributed by atoms with Crippen molar-refractivity contribution in [1.82, 2.24) is 25.0 Å². The maximum absolute atomic E-state index is 10.6. The first kappa shape index (κ1) is 12.5. The molecule has 3 heterocycles. The van der Waals surface area contributed by atoms with Crippen LogP contribution >= 0.6 is 15.9 Å². The molecule has 0 aromatic carbocycles. The van der Waals surface area contributed by atoms with Gasteiger partial charge in [0.05, 0.1) is 23.8 Å². The van der Waals surface area contributed by atoms with Crippen LogP contribution in [0.15, 0.2) is 29.3 Å². The minimum absolute atomic E-state index is 0.431. The van der Waals surface area contributed by atoms with E-state index in [1.807, 2.05) is 4.90 Å². The van der Waals surface area contributed by atoms with Crippen LogP contribution in [-0.2, 0) is 6.54 Å². The average Bonchev–Trinajstić information content (AvgIpc) is 3.01. The summed E-state index contributed by atoms with van der Waals surface area (Å²) in [5.41, 5.74) is -0.815. The Hall–Kier alpha value is -1.54. The van der Waals surface area contributed by atoms with E-state index in [0.29, 0.717) is 25.5 Å². The molecule has 2 aromatic heterocycles. The zero-order chi connectivity index (χ0) is 13.3. The highest BCUT2D eigenvalue weighted by Crippen LogP contribution is 2.25. The second-order valence-corrected chi connectivity index (χ2v) is 5.61. The first-order valence-corrected chi connectivity index (χ1v) is 6.73. The normalized spacial score (nSPS) is 22.9. The number of hydrogen-bond acceptors (Lipinski definition) is 6. The van der Waals surface area contributed by atoms with E-state index < -0.39 is 5.60 Å². The van der Waals surface area contributed by atoms with Crippen molar-refractivity contribution in [2.45, 2.75) is 18.6 Å². The summed E-state index contributed by atoms with van der Waals surface area (Å²) in [6.07, 6.45) is 7.42. The standard InChI is InChI=1S/C11H13BrN6O/c12-9-5-13-10(14-6-9)17-3-1-11(19,7-17)8-18-4-2-15-16-18/h2,4-6,19H,1,3,7-8H2. The van der Waals surface area contributed by atoms with Crippen LogP contribution < -0.4 is 4.90 Å². The van der Waals surface area contributed by atoms with Crippen molar-refractivity contribution >= 4 is 21.9 Å². The van der Waals surface area contributed by atoms with E-state index in [1.165, 1.54) is 0 Å². The van der Waals surface area contributed by atoms with Crippen molar-refractivity contribution in [3.63, 3.8) is 0 Å². The lowest BCUT2D eigenvalue weighted by atomic mass is 10.0. The molecule has 2 aromatic rings. The lowest BCUT2D eigenvalue weighted by molar-refractivity contribution is 0.0408. The summed E-state index contributed by atoms with van der Waals surface area (Å²) in [5, 5.41) is 18.2. The van der Waals surface area contributed by atoms with E-state index in [1.54, 1.807) is 29.5 Å². The average molecular weight is 325 g/mol. The van der Waals surface area contributed by atoms with Gasteiger partial charge < -0.3 is 10.0 Å². The smallest absolute Gasteiger partial charge is 0.225 e. The zero-order valence-corrected chi connectivity index (χ0v) is 11.7. The molecule has 1 fully saturated rings. The van der Waals surface area contributed by atoms with E-state index in [4.69, 9.17) is 0 Å². The number of anilines is 1. The molecule has 1 unspecified atom stereocenters. The van der Waals surface area contributed by atoms with Gasteiger partial charge in [-0.2, -0.15) is 0 Å². The minimum atomic E-state index is -0.815. The second-order valence-electron chi connectivity index (χ2n) is 4.70. The molecule has 100 valence electrons. The van der Waals surface area contributed by atoms with Gasteiger partial charge in [-0.3, -0.25) is 0 Å². The van der Waals surface area contributed by atoms with Crippen LogP contribution in [0.5, 0.6) is 0 Å². The highest BCUT2D eigenvalue weighted by atomic mass is 79.9. The largest absolute Gasteiger partial charge is 0.386 e. The van der Waals surface area contributed by atoms with Gasteiger partial charge in [-0.25, -0.2) is 14.6 Å². The molecule has 0 amide bonds. The molecule has 7 nitrogen and oxygen atoms in total. The van der Waals surface area contributed by atoms with Gasteiger partial charge in [-0.15, -0.1) is 5.10 Å². The van der Waals surface area contributed by atoms with Gasteiger partial charge in [0, 0.05) is 25.1 Å². The molecular formula is C11H13BrN6O. The minimum Gasteiger partial charge on any atom is -0.386 e. The van der Waals surface area contributed by atoms with Crippen LogP contribution in [0.25, 0.3) is 0 Å². The first-order chi connectivity index (χ1) is 9.15. The third kappa shape index (κ3) is 2.74. The molecule has 1 aliphatic heterocycles. The van der Waals surface area contributed by atoms with Crippen molar-refractivity contribution in [2.24, 2.45) is 0 Å². The summed E-state index contributed by atoms with van der Waals surface area (Å²) >= 11 is 3.30. The molecular weight excluding hydrogens is 312 g/mol. The number of β-amino-alcohol motifs (C(OH)–C–C–N with tert-alkyl or cyclic N) is 1. The third-order valence-electron chi connectivity index (χ3n) is 3.15. The molecule has 1 aliphatic rings. The second kappa shape index (κ2) is 4.86. The van der Waals surface area contributed by atoms with Crippen molar-refractivity contribution < 1.29 is 5.11 Å². The molecule has 1 saturated heterocycles. The van der Waals surface area contributed by atoms with E-state index >= 15 is 0 Å². The van der Waals surface area contributed by atoms with Gasteiger partial charge in [0.15, 0.2) is 0 Å². The number of hydrogen-bond donors (Lipinski definition) is 1. The van der Waals surface area contributed by atoms with Crippen LogP contribution in [0.2, 0.25) is 0 Å². The Morgan fingerprint density at radius 3 is 2.84 bits per heavy atom. The maximum Gasteiger partial charge on any atom is 0.225 e. The molecule has 3 rings (SSSR count). The highest BCUT2D eigenvalue weighted by molar-refractivity contribution is 9.10. The predicted molar refractivity (Wildman–Crippen MR) is 71.5 cm³/mol. The van der Waals surface area contributed by atoms with Crippen LogP contribution in [0.1, 0.15) is 6.42 Å². The molecule has 0 spiro atoms. The fourth-order valence-corrected chi connectivity index (χ4v) is 2.45. The molecule has 8 heteroatoms. The third-order valence-corrected chi connectivity index (χ3v) is 3.56. The van der Waals surface area contributed by atoms with Crippen molar-refractivity contribution in [3.05, 3.63) is 29.3 Å². The molecule has 1 atom stereocenters. The van der Waals surface area contributed by atoms with Gasteiger partial charge in [0.1, 0.15) is 5.60 Å². The zero-order valence-electron chi connectivity index (χ0n) is 10.1. The topological polar surface area (TPSA) is 80.0 Å². The number of aliphatic hydroxyl groups is 1. The summed E-state index contributed by atoms with van der Waals surface area (Å²) in [6.45, 7) is 1.65. The van der Waals surface area contributed by atoms with Crippen molar-refractivity contribution in [3.8, 4) is 0 Å². The van der Waals surface area contributed by atoms with Crippen LogP contribution in [-0.4, -0.2) is 48.8 Å². The van der Waals surface area contributed by atoms with E-state index in [2.05, 4.69) is 36.2 Å². The Morgan fingerprint density at radius 2 is 2.16 bits per heavy atom. The van der Waals surface area contributed by atoms with Gasteiger partial charge in [-0.1, -0.05) is 5.21 Å². The fourth-order valence-electron chi connectivity index (χ4n) is 2.24.